The van der Waals surface area contributed by atoms with Gasteiger partial charge in [-0.15, -0.1) is 0 Å². The van der Waals surface area contributed by atoms with E-state index in [1.54, 1.807) is 12.3 Å². The van der Waals surface area contributed by atoms with Crippen molar-refractivity contribution in [2.75, 3.05) is 30.8 Å². The van der Waals surface area contributed by atoms with Crippen molar-refractivity contribution in [1.82, 2.24) is 4.98 Å². The number of nitrogens with one attached hydrogen (secondary N) is 1. The van der Waals surface area contributed by atoms with Crippen LogP contribution in [0.4, 0.5) is 11.5 Å². The number of nitrogens with zero attached hydrogens (tertiary/aromatic N) is 2. The third kappa shape index (κ3) is 3.08. The van der Waals surface area contributed by atoms with Gasteiger partial charge in [-0.1, -0.05) is 0 Å². The largest absolute Gasteiger partial charge is 0.397 e. The average Bonchev–Trinajstić information content (AvgIpc) is 2.38. The maximum absolute atomic E-state index is 8.97. The molecule has 0 amide bonds. The fourth-order valence-corrected chi connectivity index (χ4v) is 1.90. The second-order valence-corrected chi connectivity index (χ2v) is 4.21. The molecule has 1 aromatic heterocycles. The highest BCUT2D eigenvalue weighted by atomic mass is 16.5. The molecule has 0 aliphatic carbocycles. The Labute approximate surface area is 101 Å². The van der Waals surface area contributed by atoms with Crippen LogP contribution in [0.3, 0.4) is 0 Å². The number of anilines is 2. The highest BCUT2D eigenvalue weighted by Gasteiger charge is 2.14. The molecule has 0 aromatic carbocycles. The molecule has 1 saturated heterocycles. The predicted molar refractivity (Wildman–Crippen MR) is 65.4 cm³/mol. The van der Waals surface area contributed by atoms with Crippen LogP contribution in [0.2, 0.25) is 0 Å². The lowest BCUT2D eigenvalue weighted by Crippen LogP contribution is -2.23. The van der Waals surface area contributed by atoms with Crippen LogP contribution < -0.4 is 11.1 Å². The molecule has 0 spiro atoms. The molecule has 90 valence electrons. The summed E-state index contributed by atoms with van der Waals surface area (Å²) in [6.07, 6.45) is 3.68. The fraction of sp³-hybridized carbons (Fsp3) is 0.500. The van der Waals surface area contributed by atoms with Gasteiger partial charge < -0.3 is 15.8 Å². The maximum atomic E-state index is 8.97. The minimum absolute atomic E-state index is 0.497. The van der Waals surface area contributed by atoms with Gasteiger partial charge in [0, 0.05) is 19.8 Å². The molecule has 1 aliphatic heterocycles. The van der Waals surface area contributed by atoms with Gasteiger partial charge in [-0.3, -0.25) is 0 Å². The van der Waals surface area contributed by atoms with E-state index in [0.29, 0.717) is 23.0 Å². The lowest BCUT2D eigenvalue weighted by atomic mass is 10.0. The van der Waals surface area contributed by atoms with Gasteiger partial charge in [0.25, 0.3) is 0 Å². The van der Waals surface area contributed by atoms with E-state index in [1.165, 1.54) is 0 Å². The Morgan fingerprint density at radius 3 is 3.00 bits per heavy atom. The summed E-state index contributed by atoms with van der Waals surface area (Å²) in [5.74, 6) is 1.21. The summed E-state index contributed by atoms with van der Waals surface area (Å²) in [5.41, 5.74) is 6.59. The molecule has 2 rings (SSSR count). The summed E-state index contributed by atoms with van der Waals surface area (Å²) < 4.78 is 5.30. The van der Waals surface area contributed by atoms with Gasteiger partial charge in [-0.05, 0) is 24.8 Å². The van der Waals surface area contributed by atoms with Crippen molar-refractivity contribution in [2.24, 2.45) is 5.92 Å². The van der Waals surface area contributed by atoms with E-state index in [4.69, 9.17) is 15.7 Å². The van der Waals surface area contributed by atoms with Gasteiger partial charge >= 0.3 is 0 Å². The van der Waals surface area contributed by atoms with Crippen molar-refractivity contribution in [3.05, 3.63) is 17.8 Å². The molecular weight excluding hydrogens is 216 g/mol. The van der Waals surface area contributed by atoms with E-state index in [9.17, 15) is 0 Å². The third-order valence-electron chi connectivity index (χ3n) is 2.93. The second-order valence-electron chi connectivity index (χ2n) is 4.21. The first-order valence-corrected chi connectivity index (χ1v) is 5.77. The quantitative estimate of drug-likeness (QED) is 0.822. The molecule has 3 N–H and O–H groups in total. The Balaban J connectivity index is 1.96. The number of aromatic nitrogens is 1. The van der Waals surface area contributed by atoms with Gasteiger partial charge in [0.05, 0.1) is 17.4 Å². The van der Waals surface area contributed by atoms with Crippen LogP contribution in [0.1, 0.15) is 18.4 Å². The topological polar surface area (TPSA) is 84.0 Å². The first-order chi connectivity index (χ1) is 8.29. The van der Waals surface area contributed by atoms with Crippen LogP contribution >= 0.6 is 0 Å². The molecule has 17 heavy (non-hydrogen) atoms. The number of hydrogen-bond acceptors (Lipinski definition) is 5. The SMILES string of the molecule is N#Cc1cc(N)cnc1NCC1CCOCC1. The zero-order valence-electron chi connectivity index (χ0n) is 9.65. The van der Waals surface area contributed by atoms with E-state index in [0.717, 1.165) is 32.6 Å². The molecule has 1 aliphatic rings. The fourth-order valence-electron chi connectivity index (χ4n) is 1.90. The van der Waals surface area contributed by atoms with Crippen molar-refractivity contribution >= 4 is 11.5 Å². The maximum Gasteiger partial charge on any atom is 0.144 e. The van der Waals surface area contributed by atoms with E-state index in [2.05, 4.69) is 16.4 Å². The van der Waals surface area contributed by atoms with Gasteiger partial charge in [0.1, 0.15) is 11.9 Å². The Morgan fingerprint density at radius 2 is 2.29 bits per heavy atom. The van der Waals surface area contributed by atoms with Crippen LogP contribution in [0.5, 0.6) is 0 Å². The van der Waals surface area contributed by atoms with Crippen LogP contribution in [0, 0.1) is 17.2 Å². The minimum Gasteiger partial charge on any atom is -0.397 e. The lowest BCUT2D eigenvalue weighted by Gasteiger charge is -2.22. The molecule has 0 radical (unpaired) electrons. The highest BCUT2D eigenvalue weighted by Crippen LogP contribution is 2.18. The van der Waals surface area contributed by atoms with Crippen LogP contribution in [0.15, 0.2) is 12.3 Å². The van der Waals surface area contributed by atoms with Gasteiger partial charge in [0.15, 0.2) is 0 Å². The normalized spacial score (nSPS) is 16.4. The number of rotatable bonds is 3. The number of pyridine rings is 1. The van der Waals surface area contributed by atoms with Crippen molar-refractivity contribution in [3.63, 3.8) is 0 Å². The predicted octanol–water partition coefficient (Wildman–Crippen LogP) is 1.37. The summed E-state index contributed by atoms with van der Waals surface area (Å²) in [6.45, 7) is 2.48. The summed E-state index contributed by atoms with van der Waals surface area (Å²) in [6, 6.07) is 3.73. The lowest BCUT2D eigenvalue weighted by molar-refractivity contribution is 0.0699. The summed E-state index contributed by atoms with van der Waals surface area (Å²) in [7, 11) is 0. The standard InChI is InChI=1S/C12H16N4O/c13-6-10-5-11(14)8-16-12(10)15-7-9-1-3-17-4-2-9/h5,8-9H,1-4,7,14H2,(H,15,16). The summed E-state index contributed by atoms with van der Waals surface area (Å²) in [4.78, 5) is 4.14. The number of hydrogen-bond donors (Lipinski definition) is 2. The molecule has 2 heterocycles. The van der Waals surface area contributed by atoms with Crippen molar-refractivity contribution in [3.8, 4) is 6.07 Å². The smallest absolute Gasteiger partial charge is 0.144 e. The van der Waals surface area contributed by atoms with E-state index in [1.807, 2.05) is 0 Å². The minimum atomic E-state index is 0.497. The van der Waals surface area contributed by atoms with Gasteiger partial charge in [0.2, 0.25) is 0 Å². The summed E-state index contributed by atoms with van der Waals surface area (Å²) in [5, 5.41) is 12.2. The number of nitrogens with two attached hydrogens (primary N) is 1. The number of ether oxygens (including phenoxy) is 1. The Hall–Kier alpha value is -1.80. The first-order valence-electron chi connectivity index (χ1n) is 5.77. The van der Waals surface area contributed by atoms with E-state index < -0.39 is 0 Å². The molecule has 5 heteroatoms. The van der Waals surface area contributed by atoms with Gasteiger partial charge in [-0.25, -0.2) is 4.98 Å². The van der Waals surface area contributed by atoms with E-state index in [-0.39, 0.29) is 0 Å². The molecule has 0 unspecified atom stereocenters. The van der Waals surface area contributed by atoms with Crippen molar-refractivity contribution in [2.45, 2.75) is 12.8 Å². The van der Waals surface area contributed by atoms with Gasteiger partial charge in [-0.2, -0.15) is 5.26 Å². The Bertz CT molecular complexity index is 421. The van der Waals surface area contributed by atoms with Crippen LogP contribution in [0.25, 0.3) is 0 Å². The van der Waals surface area contributed by atoms with Crippen LogP contribution in [-0.4, -0.2) is 24.7 Å². The molecule has 1 aromatic rings. The molecule has 0 atom stereocenters. The van der Waals surface area contributed by atoms with E-state index >= 15 is 0 Å². The Kier molecular flexibility index (Phi) is 3.78. The van der Waals surface area contributed by atoms with Crippen LogP contribution in [-0.2, 0) is 4.74 Å². The summed E-state index contributed by atoms with van der Waals surface area (Å²) >= 11 is 0. The second kappa shape index (κ2) is 5.51. The monoisotopic (exact) mass is 232 g/mol. The Morgan fingerprint density at radius 1 is 1.53 bits per heavy atom. The van der Waals surface area contributed by atoms with Crippen molar-refractivity contribution in [1.29, 1.82) is 5.26 Å². The number of nitrogen functional groups attached to an aromatic ring is 1. The molecule has 5 nitrogen and oxygen atoms in total. The zero-order valence-corrected chi connectivity index (χ0v) is 9.65. The molecule has 1 fully saturated rings. The first kappa shape index (κ1) is 11.7. The number of nitriles is 1. The van der Waals surface area contributed by atoms with Crippen molar-refractivity contribution < 1.29 is 4.74 Å². The third-order valence-corrected chi connectivity index (χ3v) is 2.93. The average molecular weight is 232 g/mol. The molecule has 0 bridgehead atoms. The highest BCUT2D eigenvalue weighted by molar-refractivity contribution is 5.57. The molecular formula is C12H16N4O. The zero-order chi connectivity index (χ0) is 12.1. The molecule has 0 saturated carbocycles.